The van der Waals surface area contributed by atoms with Crippen molar-refractivity contribution in [1.82, 2.24) is 24.9 Å². The first kappa shape index (κ1) is 14.8. The van der Waals surface area contributed by atoms with Crippen molar-refractivity contribution in [3.8, 4) is 0 Å². The fourth-order valence-corrected chi connectivity index (χ4v) is 2.46. The first-order chi connectivity index (χ1) is 9.49. The fraction of sp³-hybridized carbons (Fsp3) is 0.462. The summed E-state index contributed by atoms with van der Waals surface area (Å²) in [5.41, 5.74) is 2.74. The van der Waals surface area contributed by atoms with Crippen LogP contribution in [0.25, 0.3) is 0 Å². The summed E-state index contributed by atoms with van der Waals surface area (Å²) in [6.07, 6.45) is 3.06. The molecule has 0 bridgehead atoms. The predicted molar refractivity (Wildman–Crippen MR) is 79.0 cm³/mol. The van der Waals surface area contributed by atoms with Crippen LogP contribution in [-0.4, -0.2) is 25.5 Å². The zero-order chi connectivity index (χ0) is 14.7. The molecule has 2 rings (SSSR count). The molecule has 0 radical (unpaired) electrons. The summed E-state index contributed by atoms with van der Waals surface area (Å²) in [6, 6.07) is 1.97. The predicted octanol–water partition coefficient (Wildman–Crippen LogP) is 1.34. The molecule has 1 N–H and O–H groups in total. The van der Waals surface area contributed by atoms with Crippen LogP contribution in [0.2, 0.25) is 0 Å². The highest BCUT2D eigenvalue weighted by Crippen LogP contribution is 2.13. The van der Waals surface area contributed by atoms with Gasteiger partial charge in [-0.2, -0.15) is 10.2 Å². The van der Waals surface area contributed by atoms with Gasteiger partial charge in [-0.1, -0.05) is 6.92 Å². The summed E-state index contributed by atoms with van der Waals surface area (Å²) in [4.78, 5) is 12.0. The maximum atomic E-state index is 12.0. The Hall–Kier alpha value is -1.63. The molecule has 0 aromatic carbocycles. The van der Waals surface area contributed by atoms with Gasteiger partial charge in [0.25, 0.3) is 0 Å². The smallest absolute Gasteiger partial charge is 0.226 e. The van der Waals surface area contributed by atoms with Gasteiger partial charge in [0, 0.05) is 26.0 Å². The van der Waals surface area contributed by atoms with E-state index in [2.05, 4.69) is 31.4 Å². The number of nitrogens with one attached hydrogen (secondary N) is 1. The Morgan fingerprint density at radius 1 is 1.40 bits per heavy atom. The van der Waals surface area contributed by atoms with Crippen LogP contribution in [0.4, 0.5) is 0 Å². The molecular weight excluding hydrogens is 322 g/mol. The molecule has 0 atom stereocenters. The molecule has 0 saturated heterocycles. The lowest BCUT2D eigenvalue weighted by atomic mass is 10.2. The molecule has 108 valence electrons. The highest BCUT2D eigenvalue weighted by molar-refractivity contribution is 9.10. The van der Waals surface area contributed by atoms with Gasteiger partial charge in [0.15, 0.2) is 0 Å². The molecule has 6 nitrogen and oxygen atoms in total. The molecule has 0 unspecified atom stereocenters. The quantitative estimate of drug-likeness (QED) is 0.893. The van der Waals surface area contributed by atoms with E-state index in [0.29, 0.717) is 13.0 Å². The maximum absolute atomic E-state index is 12.0. The Morgan fingerprint density at radius 3 is 2.70 bits per heavy atom. The molecule has 0 saturated carbocycles. The van der Waals surface area contributed by atoms with Gasteiger partial charge in [-0.25, -0.2) is 0 Å². The van der Waals surface area contributed by atoms with Gasteiger partial charge >= 0.3 is 0 Å². The van der Waals surface area contributed by atoms with E-state index < -0.39 is 0 Å². The van der Waals surface area contributed by atoms with Gasteiger partial charge in [0.1, 0.15) is 0 Å². The second-order valence-electron chi connectivity index (χ2n) is 4.66. The molecule has 0 aliphatic carbocycles. The number of aromatic nitrogens is 4. The van der Waals surface area contributed by atoms with E-state index in [0.717, 1.165) is 28.0 Å². The Balaban J connectivity index is 1.92. The molecule has 0 aliphatic rings. The minimum Gasteiger partial charge on any atom is -0.350 e. The highest BCUT2D eigenvalue weighted by atomic mass is 79.9. The molecular formula is C13H18BrN5O. The largest absolute Gasteiger partial charge is 0.350 e. The maximum Gasteiger partial charge on any atom is 0.226 e. The number of carbonyl (C=O) groups is 1. The lowest BCUT2D eigenvalue weighted by Gasteiger charge is -2.04. The lowest BCUT2D eigenvalue weighted by Crippen LogP contribution is -2.25. The second kappa shape index (κ2) is 6.21. The molecule has 2 aromatic heterocycles. The second-order valence-corrected chi connectivity index (χ2v) is 5.51. The summed E-state index contributed by atoms with van der Waals surface area (Å²) in [5.74, 6) is -0.0341. The van der Waals surface area contributed by atoms with Crippen LogP contribution in [0.15, 0.2) is 16.7 Å². The molecule has 2 aromatic rings. The van der Waals surface area contributed by atoms with Gasteiger partial charge in [0.05, 0.1) is 28.8 Å². The van der Waals surface area contributed by atoms with E-state index in [4.69, 9.17) is 0 Å². The molecule has 0 aliphatic heterocycles. The van der Waals surface area contributed by atoms with Crippen molar-refractivity contribution in [1.29, 1.82) is 0 Å². The van der Waals surface area contributed by atoms with Crippen molar-refractivity contribution in [2.24, 2.45) is 14.1 Å². The minimum absolute atomic E-state index is 0.0341. The summed E-state index contributed by atoms with van der Waals surface area (Å²) in [6.45, 7) is 2.46. The molecule has 2 heterocycles. The molecule has 0 fully saturated rings. The van der Waals surface area contributed by atoms with Crippen LogP contribution in [0.5, 0.6) is 0 Å². The molecule has 20 heavy (non-hydrogen) atoms. The number of amides is 1. The highest BCUT2D eigenvalue weighted by Gasteiger charge is 2.11. The third kappa shape index (κ3) is 3.47. The number of nitrogens with zero attached hydrogens (tertiary/aromatic N) is 4. The summed E-state index contributed by atoms with van der Waals surface area (Å²) < 4.78 is 4.36. The lowest BCUT2D eigenvalue weighted by molar-refractivity contribution is -0.120. The van der Waals surface area contributed by atoms with Crippen LogP contribution in [0, 0.1) is 0 Å². The number of carbonyl (C=O) groups excluding carboxylic acids is 1. The minimum atomic E-state index is -0.0341. The van der Waals surface area contributed by atoms with Crippen LogP contribution in [-0.2, 0) is 38.3 Å². The Morgan fingerprint density at radius 2 is 2.15 bits per heavy atom. The zero-order valence-corrected chi connectivity index (χ0v) is 13.4. The summed E-state index contributed by atoms with van der Waals surface area (Å²) in [7, 11) is 3.70. The molecule has 0 spiro atoms. The number of rotatable bonds is 5. The van der Waals surface area contributed by atoms with Crippen LogP contribution in [0.3, 0.4) is 0 Å². The van der Waals surface area contributed by atoms with Gasteiger partial charge in [-0.15, -0.1) is 0 Å². The van der Waals surface area contributed by atoms with Crippen molar-refractivity contribution in [2.75, 3.05) is 0 Å². The number of hydrogen-bond acceptors (Lipinski definition) is 3. The van der Waals surface area contributed by atoms with E-state index in [1.165, 1.54) is 0 Å². The summed E-state index contributed by atoms with van der Waals surface area (Å²) in [5, 5.41) is 11.5. The number of aryl methyl sites for hydroxylation is 3. The summed E-state index contributed by atoms with van der Waals surface area (Å²) >= 11 is 3.41. The number of halogens is 1. The van der Waals surface area contributed by atoms with E-state index in [1.807, 2.05) is 33.3 Å². The molecule has 1 amide bonds. The van der Waals surface area contributed by atoms with Crippen molar-refractivity contribution in [3.63, 3.8) is 0 Å². The van der Waals surface area contributed by atoms with Crippen LogP contribution in [0.1, 0.15) is 24.0 Å². The fourth-order valence-electron chi connectivity index (χ4n) is 1.94. The molecule has 7 heteroatoms. The number of hydrogen-bond donors (Lipinski definition) is 1. The SMILES string of the molecule is CCc1cc(CC(=O)NCc2nn(C)cc2Br)n(C)n1. The van der Waals surface area contributed by atoms with Crippen LogP contribution < -0.4 is 5.32 Å². The first-order valence-corrected chi connectivity index (χ1v) is 7.25. The standard InChI is InChI=1S/C13H18BrN5O/c1-4-9-5-10(19(3)16-9)6-13(20)15-7-12-11(14)8-18(2)17-12/h5,8H,4,6-7H2,1-3H3,(H,15,20). The Bertz CT molecular complexity index is 616. The van der Waals surface area contributed by atoms with Crippen LogP contribution >= 0.6 is 15.9 Å². The third-order valence-electron chi connectivity index (χ3n) is 3.04. The van der Waals surface area contributed by atoms with E-state index in [9.17, 15) is 4.79 Å². The van der Waals surface area contributed by atoms with Gasteiger partial charge < -0.3 is 5.32 Å². The average molecular weight is 340 g/mol. The van der Waals surface area contributed by atoms with Crippen molar-refractivity contribution in [2.45, 2.75) is 26.3 Å². The Kier molecular flexibility index (Phi) is 4.59. The van der Waals surface area contributed by atoms with Crippen molar-refractivity contribution in [3.05, 3.63) is 33.8 Å². The van der Waals surface area contributed by atoms with E-state index in [-0.39, 0.29) is 5.91 Å². The third-order valence-corrected chi connectivity index (χ3v) is 3.70. The van der Waals surface area contributed by atoms with Gasteiger partial charge in [0.2, 0.25) is 5.91 Å². The zero-order valence-electron chi connectivity index (χ0n) is 11.9. The normalized spacial score (nSPS) is 10.8. The van der Waals surface area contributed by atoms with E-state index in [1.54, 1.807) is 9.36 Å². The first-order valence-electron chi connectivity index (χ1n) is 6.46. The van der Waals surface area contributed by atoms with Crippen molar-refractivity contribution >= 4 is 21.8 Å². The topological polar surface area (TPSA) is 64.7 Å². The average Bonchev–Trinajstić information content (AvgIpc) is 2.90. The van der Waals surface area contributed by atoms with E-state index >= 15 is 0 Å². The monoisotopic (exact) mass is 339 g/mol. The van der Waals surface area contributed by atoms with Crippen molar-refractivity contribution < 1.29 is 4.79 Å². The Labute approximate surface area is 126 Å². The van der Waals surface area contributed by atoms with Gasteiger partial charge in [-0.3, -0.25) is 14.2 Å². The van der Waals surface area contributed by atoms with Gasteiger partial charge in [-0.05, 0) is 28.4 Å².